The second kappa shape index (κ2) is 6.82. The molecular weight excluding hydrogens is 340 g/mol. The highest BCUT2D eigenvalue weighted by atomic mass is 35.5. The second-order valence-corrected chi connectivity index (χ2v) is 6.05. The number of halogens is 1. The number of hydrogen-bond donors (Lipinski definition) is 0. The van der Waals surface area contributed by atoms with Crippen molar-refractivity contribution in [2.75, 3.05) is 38.3 Å². The quantitative estimate of drug-likeness (QED) is 0.672. The summed E-state index contributed by atoms with van der Waals surface area (Å²) in [7, 11) is 1.65. The third kappa shape index (κ3) is 3.23. The van der Waals surface area contributed by atoms with Crippen LogP contribution in [0.1, 0.15) is 0 Å². The molecule has 3 aromatic rings. The summed E-state index contributed by atoms with van der Waals surface area (Å²) < 4.78 is 10.6. The minimum absolute atomic E-state index is 0.202. The number of ether oxygens (including phenoxy) is 2. The van der Waals surface area contributed by atoms with E-state index < -0.39 is 0 Å². The van der Waals surface area contributed by atoms with Crippen LogP contribution in [0.15, 0.2) is 36.4 Å². The Morgan fingerprint density at radius 3 is 2.48 bits per heavy atom. The van der Waals surface area contributed by atoms with Gasteiger partial charge in [-0.3, -0.25) is 0 Å². The molecule has 0 aliphatic carbocycles. The van der Waals surface area contributed by atoms with Crippen molar-refractivity contribution in [3.05, 3.63) is 41.7 Å². The highest BCUT2D eigenvalue weighted by molar-refractivity contribution is 6.28. The molecule has 128 valence electrons. The molecule has 0 unspecified atom stereocenters. The zero-order valence-electron chi connectivity index (χ0n) is 13.8. The standard InChI is InChI=1S/C18H17ClN4O2/c1-24-13-4-2-12(3-5-13)15-7-6-14-16(20-15)21-18(19)22-17(14)23-8-10-25-11-9-23/h2-7H,8-11H2,1H3. The van der Waals surface area contributed by atoms with Crippen LogP contribution in [0.25, 0.3) is 22.3 Å². The van der Waals surface area contributed by atoms with Gasteiger partial charge in [0.05, 0.1) is 31.4 Å². The van der Waals surface area contributed by atoms with Crippen LogP contribution >= 0.6 is 11.6 Å². The molecule has 0 radical (unpaired) electrons. The first kappa shape index (κ1) is 16.1. The van der Waals surface area contributed by atoms with Crippen molar-refractivity contribution < 1.29 is 9.47 Å². The van der Waals surface area contributed by atoms with Gasteiger partial charge in [-0.25, -0.2) is 4.98 Å². The average molecular weight is 357 g/mol. The first-order valence-corrected chi connectivity index (χ1v) is 8.44. The Balaban J connectivity index is 1.77. The summed E-state index contributed by atoms with van der Waals surface area (Å²) in [5.41, 5.74) is 2.41. The number of methoxy groups -OCH3 is 1. The van der Waals surface area contributed by atoms with Gasteiger partial charge in [0, 0.05) is 18.7 Å². The lowest BCUT2D eigenvalue weighted by atomic mass is 10.1. The maximum Gasteiger partial charge on any atom is 0.226 e. The molecule has 25 heavy (non-hydrogen) atoms. The molecular formula is C18H17ClN4O2. The normalized spacial score (nSPS) is 14.7. The molecule has 1 fully saturated rings. The molecule has 6 nitrogen and oxygen atoms in total. The number of fused-ring (bicyclic) bond motifs is 1. The van der Waals surface area contributed by atoms with Crippen LogP contribution in [-0.2, 0) is 4.74 Å². The lowest BCUT2D eigenvalue weighted by Gasteiger charge is -2.28. The highest BCUT2D eigenvalue weighted by Crippen LogP contribution is 2.28. The van der Waals surface area contributed by atoms with Gasteiger partial charge in [0.25, 0.3) is 0 Å². The fourth-order valence-electron chi connectivity index (χ4n) is 2.91. The summed E-state index contributed by atoms with van der Waals surface area (Å²) >= 11 is 6.14. The number of aromatic nitrogens is 3. The Hall–Kier alpha value is -2.44. The molecule has 3 heterocycles. The smallest absolute Gasteiger partial charge is 0.226 e. The van der Waals surface area contributed by atoms with Crippen molar-refractivity contribution in [2.45, 2.75) is 0 Å². The van der Waals surface area contributed by atoms with E-state index in [-0.39, 0.29) is 5.28 Å². The van der Waals surface area contributed by atoms with Gasteiger partial charge < -0.3 is 14.4 Å². The van der Waals surface area contributed by atoms with Crippen LogP contribution in [0.4, 0.5) is 5.82 Å². The predicted molar refractivity (Wildman–Crippen MR) is 97.4 cm³/mol. The summed E-state index contributed by atoms with van der Waals surface area (Å²) in [4.78, 5) is 15.6. The van der Waals surface area contributed by atoms with Gasteiger partial charge in [0.1, 0.15) is 11.6 Å². The number of hydrogen-bond acceptors (Lipinski definition) is 6. The van der Waals surface area contributed by atoms with Crippen LogP contribution in [0.3, 0.4) is 0 Å². The van der Waals surface area contributed by atoms with Crippen molar-refractivity contribution in [3.8, 4) is 17.0 Å². The van der Waals surface area contributed by atoms with Crippen LogP contribution in [0, 0.1) is 0 Å². The lowest BCUT2D eigenvalue weighted by Crippen LogP contribution is -2.37. The SMILES string of the molecule is COc1ccc(-c2ccc3c(N4CCOCC4)nc(Cl)nc3n2)cc1. The van der Waals surface area contributed by atoms with Crippen LogP contribution in [0.2, 0.25) is 5.28 Å². The van der Waals surface area contributed by atoms with Gasteiger partial charge in [-0.1, -0.05) is 0 Å². The minimum Gasteiger partial charge on any atom is -0.497 e. The van der Waals surface area contributed by atoms with E-state index in [1.807, 2.05) is 36.4 Å². The van der Waals surface area contributed by atoms with Gasteiger partial charge in [-0.15, -0.1) is 0 Å². The van der Waals surface area contributed by atoms with E-state index in [1.54, 1.807) is 7.11 Å². The minimum atomic E-state index is 0.202. The summed E-state index contributed by atoms with van der Waals surface area (Å²) in [5, 5.41) is 1.09. The maximum absolute atomic E-state index is 6.14. The van der Waals surface area contributed by atoms with E-state index in [4.69, 9.17) is 21.1 Å². The van der Waals surface area contributed by atoms with Gasteiger partial charge in [0.15, 0.2) is 5.65 Å². The molecule has 0 amide bonds. The molecule has 1 saturated heterocycles. The van der Waals surface area contributed by atoms with Crippen molar-refractivity contribution in [3.63, 3.8) is 0 Å². The maximum atomic E-state index is 6.14. The van der Waals surface area contributed by atoms with Crippen LogP contribution in [-0.4, -0.2) is 48.4 Å². The van der Waals surface area contributed by atoms with Gasteiger partial charge in [-0.2, -0.15) is 9.97 Å². The van der Waals surface area contributed by atoms with E-state index in [0.717, 1.165) is 41.3 Å². The topological polar surface area (TPSA) is 60.4 Å². The van der Waals surface area contributed by atoms with Crippen molar-refractivity contribution in [2.24, 2.45) is 0 Å². The third-order valence-electron chi connectivity index (χ3n) is 4.21. The number of rotatable bonds is 3. The molecule has 0 atom stereocenters. The van der Waals surface area contributed by atoms with E-state index >= 15 is 0 Å². The van der Waals surface area contributed by atoms with Gasteiger partial charge in [0.2, 0.25) is 5.28 Å². The van der Waals surface area contributed by atoms with Crippen molar-refractivity contribution in [1.82, 2.24) is 15.0 Å². The number of nitrogens with zero attached hydrogens (tertiary/aromatic N) is 4. The molecule has 4 rings (SSSR count). The highest BCUT2D eigenvalue weighted by Gasteiger charge is 2.18. The Kier molecular flexibility index (Phi) is 4.38. The predicted octanol–water partition coefficient (Wildman–Crippen LogP) is 3.19. The van der Waals surface area contributed by atoms with E-state index in [1.165, 1.54) is 0 Å². The van der Waals surface area contributed by atoms with E-state index in [9.17, 15) is 0 Å². The monoisotopic (exact) mass is 356 g/mol. The van der Waals surface area contributed by atoms with Crippen molar-refractivity contribution >= 4 is 28.5 Å². The summed E-state index contributed by atoms with van der Waals surface area (Å²) in [6.07, 6.45) is 0. The number of anilines is 1. The molecule has 1 aromatic carbocycles. The fraction of sp³-hybridized carbons (Fsp3) is 0.278. The summed E-state index contributed by atoms with van der Waals surface area (Å²) in [6.45, 7) is 2.92. The largest absolute Gasteiger partial charge is 0.497 e. The summed E-state index contributed by atoms with van der Waals surface area (Å²) in [6, 6.07) is 11.7. The first-order chi connectivity index (χ1) is 12.2. The Morgan fingerprint density at radius 1 is 1.00 bits per heavy atom. The molecule has 0 bridgehead atoms. The molecule has 1 aliphatic rings. The Morgan fingerprint density at radius 2 is 1.76 bits per heavy atom. The van der Waals surface area contributed by atoms with Gasteiger partial charge in [-0.05, 0) is 48.0 Å². The Labute approximate surface area is 150 Å². The number of morpholine rings is 1. The third-order valence-corrected chi connectivity index (χ3v) is 4.38. The molecule has 2 aromatic heterocycles. The van der Waals surface area contributed by atoms with Crippen LogP contribution in [0.5, 0.6) is 5.75 Å². The molecule has 0 N–H and O–H groups in total. The molecule has 1 aliphatic heterocycles. The first-order valence-electron chi connectivity index (χ1n) is 8.06. The van der Waals surface area contributed by atoms with E-state index in [0.29, 0.717) is 18.9 Å². The van der Waals surface area contributed by atoms with Crippen molar-refractivity contribution in [1.29, 1.82) is 0 Å². The zero-order chi connectivity index (χ0) is 17.2. The lowest BCUT2D eigenvalue weighted by molar-refractivity contribution is 0.122. The molecule has 0 spiro atoms. The van der Waals surface area contributed by atoms with Crippen LogP contribution < -0.4 is 9.64 Å². The second-order valence-electron chi connectivity index (χ2n) is 5.71. The number of pyridine rings is 1. The zero-order valence-corrected chi connectivity index (χ0v) is 14.5. The number of benzene rings is 1. The van der Waals surface area contributed by atoms with E-state index in [2.05, 4.69) is 19.9 Å². The van der Waals surface area contributed by atoms with Gasteiger partial charge >= 0.3 is 0 Å². The summed E-state index contributed by atoms with van der Waals surface area (Å²) in [5.74, 6) is 1.62. The Bertz CT molecular complexity index is 895. The molecule has 7 heteroatoms. The fourth-order valence-corrected chi connectivity index (χ4v) is 3.07. The molecule has 0 saturated carbocycles. The average Bonchev–Trinajstić information content (AvgIpc) is 2.67.